The molecular formula is C17H23F2N7S. The lowest BCUT2D eigenvalue weighted by atomic mass is 10.1. The second-order valence-electron chi connectivity index (χ2n) is 5.88. The van der Waals surface area contributed by atoms with Gasteiger partial charge in [0.25, 0.3) is 6.43 Å². The van der Waals surface area contributed by atoms with Crippen LogP contribution in [0.3, 0.4) is 0 Å². The summed E-state index contributed by atoms with van der Waals surface area (Å²) in [5.74, 6) is 1.17. The fourth-order valence-electron chi connectivity index (χ4n) is 2.68. The minimum atomic E-state index is -2.80. The topological polar surface area (TPSA) is 108 Å². The van der Waals surface area contributed by atoms with Crippen molar-refractivity contribution in [2.24, 2.45) is 5.73 Å². The first-order valence-corrected chi connectivity index (χ1v) is 9.29. The van der Waals surface area contributed by atoms with Crippen LogP contribution >= 0.6 is 12.6 Å². The molecule has 0 saturated carbocycles. The molecule has 0 amide bonds. The number of allylic oxidation sites excluding steroid dienone is 1. The molecule has 7 nitrogen and oxygen atoms in total. The number of imidazole rings is 1. The molecule has 1 atom stereocenters. The molecule has 0 spiro atoms. The van der Waals surface area contributed by atoms with E-state index < -0.39 is 12.1 Å². The summed E-state index contributed by atoms with van der Waals surface area (Å²) in [6.45, 7) is 1.65. The minimum Gasteiger partial charge on any atom is -0.355 e. The number of hydrogen-bond donors (Lipinski definition) is 4. The molecular weight excluding hydrogens is 372 g/mol. The largest absolute Gasteiger partial charge is 0.355 e. The normalized spacial score (nSPS) is 17.1. The fraction of sp³-hybridized carbons (Fsp3) is 0.412. The molecule has 0 radical (unpaired) electrons. The van der Waals surface area contributed by atoms with Gasteiger partial charge in [-0.3, -0.25) is 5.41 Å². The quantitative estimate of drug-likeness (QED) is 0.460. The first-order chi connectivity index (χ1) is 13.0. The fourth-order valence-corrected chi connectivity index (χ4v) is 2.68. The van der Waals surface area contributed by atoms with Crippen LogP contribution in [0.25, 0.3) is 17.5 Å². The van der Waals surface area contributed by atoms with Crippen LogP contribution in [-0.4, -0.2) is 57.5 Å². The molecule has 10 heteroatoms. The first kappa shape index (κ1) is 21.0. The van der Waals surface area contributed by atoms with Crippen LogP contribution in [0.5, 0.6) is 0 Å². The van der Waals surface area contributed by atoms with E-state index in [1.807, 2.05) is 6.07 Å². The lowest BCUT2D eigenvalue weighted by Gasteiger charge is -2.31. The van der Waals surface area contributed by atoms with Gasteiger partial charge in [-0.1, -0.05) is 0 Å². The van der Waals surface area contributed by atoms with Crippen LogP contribution < -0.4 is 10.6 Å². The van der Waals surface area contributed by atoms with Crippen molar-refractivity contribution in [3.8, 4) is 11.4 Å². The zero-order valence-corrected chi connectivity index (χ0v) is 15.8. The van der Waals surface area contributed by atoms with Gasteiger partial charge < -0.3 is 15.6 Å². The molecule has 0 bridgehead atoms. The van der Waals surface area contributed by atoms with Crippen molar-refractivity contribution >= 4 is 30.2 Å². The average molecular weight is 395 g/mol. The highest BCUT2D eigenvalue weighted by Gasteiger charge is 2.18. The summed E-state index contributed by atoms with van der Waals surface area (Å²) in [5, 5.41) is 7.11. The number of hydrogen-bond acceptors (Lipinski definition) is 7. The Hall–Kier alpha value is -2.33. The number of H-pyrrole nitrogens is 1. The third kappa shape index (κ3) is 5.83. The monoisotopic (exact) mass is 395 g/mol. The highest BCUT2D eigenvalue weighted by atomic mass is 32.1. The summed E-state index contributed by atoms with van der Waals surface area (Å²) in [5.41, 5.74) is 6.55. The molecule has 2 aromatic rings. The van der Waals surface area contributed by atoms with Gasteiger partial charge in [-0.2, -0.15) is 12.6 Å². The third-order valence-electron chi connectivity index (χ3n) is 3.96. The smallest absolute Gasteiger partial charge is 0.279 e. The second kappa shape index (κ2) is 10.1. The van der Waals surface area contributed by atoms with Crippen molar-refractivity contribution < 1.29 is 8.78 Å². The molecule has 3 heterocycles. The van der Waals surface area contributed by atoms with Crippen LogP contribution in [0, 0.1) is 5.41 Å². The number of alkyl halides is 2. The average Bonchev–Trinajstić information content (AvgIpc) is 3.17. The second-order valence-corrected chi connectivity index (χ2v) is 5.88. The summed E-state index contributed by atoms with van der Waals surface area (Å²) in [6.07, 6.45) is 6.34. The van der Waals surface area contributed by atoms with Crippen LogP contribution in [-0.2, 0) is 0 Å². The molecule has 1 unspecified atom stereocenters. The third-order valence-corrected chi connectivity index (χ3v) is 3.96. The zero-order valence-electron chi connectivity index (χ0n) is 14.9. The molecule has 1 fully saturated rings. The summed E-state index contributed by atoms with van der Waals surface area (Å²) in [4.78, 5) is 17.8. The van der Waals surface area contributed by atoms with E-state index in [2.05, 4.69) is 37.5 Å². The molecule has 27 heavy (non-hydrogen) atoms. The van der Waals surface area contributed by atoms with Crippen molar-refractivity contribution in [1.82, 2.24) is 19.9 Å². The van der Waals surface area contributed by atoms with E-state index in [0.717, 1.165) is 37.8 Å². The Morgan fingerprint density at radius 2 is 2.19 bits per heavy atom. The number of thiol groups is 1. The molecule has 2 aromatic heterocycles. The molecule has 3 rings (SSSR count). The summed E-state index contributed by atoms with van der Waals surface area (Å²) >= 11 is 3.53. The van der Waals surface area contributed by atoms with Crippen molar-refractivity contribution in [2.75, 3.05) is 24.2 Å². The number of anilines is 1. The number of nitrogens with zero attached hydrogens (tertiary/aromatic N) is 4. The SMILES string of the molecule is CS.N=C(/C=C\c1ncc(-c2cc(N3CCCC(N)C3)ncn2)[nH]1)C(F)F. The molecule has 4 N–H and O–H groups in total. The maximum Gasteiger partial charge on any atom is 0.279 e. The molecule has 1 aliphatic heterocycles. The highest BCUT2D eigenvalue weighted by molar-refractivity contribution is 7.79. The van der Waals surface area contributed by atoms with Crippen LogP contribution in [0.15, 0.2) is 24.7 Å². The van der Waals surface area contributed by atoms with Gasteiger partial charge in [0.2, 0.25) is 0 Å². The molecule has 146 valence electrons. The van der Waals surface area contributed by atoms with Crippen molar-refractivity contribution in [2.45, 2.75) is 25.3 Å². The Bertz CT molecular complexity index is 778. The standard InChI is InChI=1S/C16H19F2N7.CH4S/c17-16(18)11(20)3-4-14-21-7-13(24-14)12-6-15(23-9-22-12)25-5-1-2-10(19)8-25;1-2/h3-4,6-7,9-10,16,20H,1-2,5,8,19H2,(H,21,24);2H,1H3/b4-3-,20-11?;. The number of nitrogens with two attached hydrogens (primary N) is 1. The first-order valence-electron chi connectivity index (χ1n) is 8.40. The predicted molar refractivity (Wildman–Crippen MR) is 107 cm³/mol. The van der Waals surface area contributed by atoms with Gasteiger partial charge in [-0.15, -0.1) is 0 Å². The Balaban J connectivity index is 0.00000126. The van der Waals surface area contributed by atoms with Crippen molar-refractivity contribution in [3.05, 3.63) is 30.5 Å². The van der Waals surface area contributed by atoms with Gasteiger partial charge in [-0.05, 0) is 31.2 Å². The van der Waals surface area contributed by atoms with Gasteiger partial charge in [-0.25, -0.2) is 23.7 Å². The highest BCUT2D eigenvalue weighted by Crippen LogP contribution is 2.22. The van der Waals surface area contributed by atoms with Gasteiger partial charge in [0.1, 0.15) is 18.0 Å². The van der Waals surface area contributed by atoms with E-state index >= 15 is 0 Å². The van der Waals surface area contributed by atoms with Gasteiger partial charge >= 0.3 is 0 Å². The van der Waals surface area contributed by atoms with Crippen LogP contribution in [0.2, 0.25) is 0 Å². The van der Waals surface area contributed by atoms with Crippen LogP contribution in [0.1, 0.15) is 18.7 Å². The maximum atomic E-state index is 12.3. The van der Waals surface area contributed by atoms with E-state index in [1.165, 1.54) is 12.4 Å². The van der Waals surface area contributed by atoms with Crippen LogP contribution in [0.4, 0.5) is 14.6 Å². The Morgan fingerprint density at radius 3 is 2.89 bits per heavy atom. The van der Waals surface area contributed by atoms with Crippen molar-refractivity contribution in [1.29, 1.82) is 5.41 Å². The number of piperidine rings is 1. The summed E-state index contributed by atoms with van der Waals surface area (Å²) < 4.78 is 24.6. The zero-order chi connectivity index (χ0) is 19.8. The molecule has 0 aliphatic carbocycles. The Kier molecular flexibility index (Phi) is 7.86. The Morgan fingerprint density at radius 1 is 1.41 bits per heavy atom. The number of halogens is 2. The maximum absolute atomic E-state index is 12.3. The summed E-state index contributed by atoms with van der Waals surface area (Å²) in [7, 11) is 0. The molecule has 1 saturated heterocycles. The van der Waals surface area contributed by atoms with Gasteiger partial charge in [0, 0.05) is 25.2 Å². The van der Waals surface area contributed by atoms with E-state index in [1.54, 1.807) is 12.5 Å². The number of nitrogens with one attached hydrogen (secondary N) is 2. The minimum absolute atomic E-state index is 0.140. The Labute approximate surface area is 162 Å². The van der Waals surface area contributed by atoms with Gasteiger partial charge in [0.15, 0.2) is 0 Å². The summed E-state index contributed by atoms with van der Waals surface area (Å²) in [6, 6.07) is 1.99. The molecule has 0 aromatic carbocycles. The van der Waals surface area contributed by atoms with E-state index in [0.29, 0.717) is 17.2 Å². The van der Waals surface area contributed by atoms with E-state index in [9.17, 15) is 8.78 Å². The van der Waals surface area contributed by atoms with Gasteiger partial charge in [0.05, 0.1) is 23.3 Å². The predicted octanol–water partition coefficient (Wildman–Crippen LogP) is 2.64. The lowest BCUT2D eigenvalue weighted by Crippen LogP contribution is -2.43. The number of aromatic amines is 1. The van der Waals surface area contributed by atoms with Crippen molar-refractivity contribution in [3.63, 3.8) is 0 Å². The lowest BCUT2D eigenvalue weighted by molar-refractivity contribution is 0.226. The van der Waals surface area contributed by atoms with E-state index in [4.69, 9.17) is 11.1 Å². The number of rotatable bonds is 5. The number of aromatic nitrogens is 4. The molecule has 1 aliphatic rings. The van der Waals surface area contributed by atoms with E-state index in [-0.39, 0.29) is 6.04 Å².